The zero-order chi connectivity index (χ0) is 10.9. The van der Waals surface area contributed by atoms with E-state index in [-0.39, 0.29) is 12.3 Å². The van der Waals surface area contributed by atoms with Crippen molar-refractivity contribution in [2.75, 3.05) is 5.32 Å². The van der Waals surface area contributed by atoms with E-state index in [2.05, 4.69) is 20.6 Å². The SMILES string of the molecule is N#CCCC1(N)NC(=O)c2[nH]cnc2N1. The number of H-pyrrole nitrogens is 1. The topological polar surface area (TPSA) is 120 Å². The van der Waals surface area contributed by atoms with Crippen molar-refractivity contribution < 1.29 is 4.79 Å². The van der Waals surface area contributed by atoms with Crippen LogP contribution in [-0.2, 0) is 0 Å². The highest BCUT2D eigenvalue weighted by Gasteiger charge is 2.35. The molecule has 78 valence electrons. The molecule has 1 aliphatic heterocycles. The third-order valence-corrected chi connectivity index (χ3v) is 2.18. The van der Waals surface area contributed by atoms with Crippen molar-refractivity contribution in [3.63, 3.8) is 0 Å². The maximum atomic E-state index is 11.5. The van der Waals surface area contributed by atoms with Gasteiger partial charge in [-0.05, 0) is 0 Å². The average Bonchev–Trinajstić information content (AvgIpc) is 2.62. The molecule has 0 spiro atoms. The lowest BCUT2D eigenvalue weighted by Crippen LogP contribution is -2.64. The summed E-state index contributed by atoms with van der Waals surface area (Å²) in [4.78, 5) is 18.2. The van der Waals surface area contributed by atoms with E-state index < -0.39 is 5.79 Å². The highest BCUT2D eigenvalue weighted by atomic mass is 16.2. The Labute approximate surface area is 85.7 Å². The number of aromatic amines is 1. The van der Waals surface area contributed by atoms with Gasteiger partial charge in [0.2, 0.25) is 0 Å². The standard InChI is InChI=1S/C8H10N6O/c9-3-1-2-8(10)13-6-5(7(15)14-8)11-4-12-6/h4,13H,1-2,10H2,(H,11,12)(H,14,15). The van der Waals surface area contributed by atoms with Gasteiger partial charge in [0, 0.05) is 12.8 Å². The zero-order valence-electron chi connectivity index (χ0n) is 7.87. The minimum absolute atomic E-state index is 0.254. The van der Waals surface area contributed by atoms with Gasteiger partial charge in [-0.3, -0.25) is 10.5 Å². The second-order valence-electron chi connectivity index (χ2n) is 3.33. The van der Waals surface area contributed by atoms with Gasteiger partial charge >= 0.3 is 0 Å². The molecule has 7 heteroatoms. The number of hydrogen-bond acceptors (Lipinski definition) is 5. The van der Waals surface area contributed by atoms with Crippen LogP contribution in [0.25, 0.3) is 0 Å². The average molecular weight is 206 g/mol. The lowest BCUT2D eigenvalue weighted by molar-refractivity contribution is 0.0893. The second-order valence-corrected chi connectivity index (χ2v) is 3.33. The van der Waals surface area contributed by atoms with Crippen LogP contribution in [-0.4, -0.2) is 21.7 Å². The predicted octanol–water partition coefficient (Wildman–Crippen LogP) is -0.519. The molecule has 1 aromatic heterocycles. The number of nitrogens with two attached hydrogens (primary N) is 1. The molecule has 1 unspecified atom stereocenters. The largest absolute Gasteiger partial charge is 0.339 e. The molecule has 0 radical (unpaired) electrons. The molecule has 15 heavy (non-hydrogen) atoms. The number of carbonyl (C=O) groups excluding carboxylic acids is 1. The fourth-order valence-electron chi connectivity index (χ4n) is 1.45. The zero-order valence-corrected chi connectivity index (χ0v) is 7.87. The number of aromatic nitrogens is 2. The number of rotatable bonds is 2. The molecule has 2 heterocycles. The maximum Gasteiger partial charge on any atom is 0.274 e. The highest BCUT2D eigenvalue weighted by molar-refractivity contribution is 5.99. The van der Waals surface area contributed by atoms with Crippen LogP contribution >= 0.6 is 0 Å². The van der Waals surface area contributed by atoms with E-state index in [1.807, 2.05) is 6.07 Å². The minimum atomic E-state index is -1.09. The summed E-state index contributed by atoms with van der Waals surface area (Å²) in [6.45, 7) is 0. The van der Waals surface area contributed by atoms with Crippen LogP contribution in [0.2, 0.25) is 0 Å². The number of nitrogens with one attached hydrogen (secondary N) is 3. The molecule has 7 nitrogen and oxygen atoms in total. The van der Waals surface area contributed by atoms with E-state index in [9.17, 15) is 4.79 Å². The summed E-state index contributed by atoms with van der Waals surface area (Å²) >= 11 is 0. The van der Waals surface area contributed by atoms with Crippen molar-refractivity contribution in [1.82, 2.24) is 15.3 Å². The van der Waals surface area contributed by atoms with E-state index in [1.165, 1.54) is 6.33 Å². The number of hydrogen-bond donors (Lipinski definition) is 4. The Morgan fingerprint density at radius 2 is 2.40 bits per heavy atom. The number of fused-ring (bicyclic) bond motifs is 1. The summed E-state index contributed by atoms with van der Waals surface area (Å²) in [5.41, 5.74) is 6.22. The van der Waals surface area contributed by atoms with Crippen molar-refractivity contribution in [3.8, 4) is 6.07 Å². The van der Waals surface area contributed by atoms with Crippen molar-refractivity contribution in [2.24, 2.45) is 5.73 Å². The predicted molar refractivity (Wildman–Crippen MR) is 51.4 cm³/mol. The van der Waals surface area contributed by atoms with Crippen LogP contribution in [0.4, 0.5) is 5.82 Å². The van der Waals surface area contributed by atoms with Crippen molar-refractivity contribution in [1.29, 1.82) is 5.26 Å². The van der Waals surface area contributed by atoms with E-state index in [1.54, 1.807) is 0 Å². The van der Waals surface area contributed by atoms with Crippen molar-refractivity contribution in [2.45, 2.75) is 18.6 Å². The van der Waals surface area contributed by atoms with Gasteiger partial charge in [0.15, 0.2) is 11.6 Å². The molecule has 1 amide bonds. The molecule has 2 rings (SSSR count). The summed E-state index contributed by atoms with van der Waals surface area (Å²) in [6, 6.07) is 1.97. The smallest absolute Gasteiger partial charge is 0.274 e. The monoisotopic (exact) mass is 206 g/mol. The normalized spacial score (nSPS) is 23.6. The summed E-state index contributed by atoms with van der Waals surface area (Å²) < 4.78 is 0. The van der Waals surface area contributed by atoms with E-state index in [0.717, 1.165) is 0 Å². The molecule has 1 atom stereocenters. The Morgan fingerprint density at radius 1 is 1.60 bits per heavy atom. The van der Waals surface area contributed by atoms with Gasteiger partial charge in [-0.2, -0.15) is 5.26 Å². The Bertz CT molecular complexity index is 433. The quantitative estimate of drug-likeness (QED) is 0.519. The van der Waals surface area contributed by atoms with Crippen LogP contribution in [0.5, 0.6) is 0 Å². The number of nitriles is 1. The minimum Gasteiger partial charge on any atom is -0.339 e. The van der Waals surface area contributed by atoms with Crippen LogP contribution in [0.3, 0.4) is 0 Å². The summed E-state index contributed by atoms with van der Waals surface area (Å²) in [6.07, 6.45) is 1.98. The Hall–Kier alpha value is -2.07. The van der Waals surface area contributed by atoms with Crippen molar-refractivity contribution in [3.05, 3.63) is 12.0 Å². The first-order valence-corrected chi connectivity index (χ1v) is 4.44. The Balaban J connectivity index is 2.22. The first kappa shape index (κ1) is 9.48. The van der Waals surface area contributed by atoms with Gasteiger partial charge in [0.1, 0.15) is 5.69 Å². The van der Waals surface area contributed by atoms with Crippen LogP contribution in [0.15, 0.2) is 6.33 Å². The number of carbonyl (C=O) groups is 1. The highest BCUT2D eigenvalue weighted by Crippen LogP contribution is 2.20. The molecule has 0 saturated carbocycles. The summed E-state index contributed by atoms with van der Waals surface area (Å²) in [7, 11) is 0. The summed E-state index contributed by atoms with van der Waals surface area (Å²) in [5, 5.41) is 13.9. The maximum absolute atomic E-state index is 11.5. The van der Waals surface area contributed by atoms with Crippen LogP contribution in [0.1, 0.15) is 23.3 Å². The molecule has 0 bridgehead atoms. The molecule has 0 aromatic carbocycles. The lowest BCUT2D eigenvalue weighted by atomic mass is 10.1. The van der Waals surface area contributed by atoms with E-state index in [4.69, 9.17) is 11.0 Å². The van der Waals surface area contributed by atoms with Crippen LogP contribution < -0.4 is 16.4 Å². The van der Waals surface area contributed by atoms with Gasteiger partial charge in [-0.1, -0.05) is 0 Å². The van der Waals surface area contributed by atoms with Gasteiger partial charge < -0.3 is 15.6 Å². The van der Waals surface area contributed by atoms with E-state index in [0.29, 0.717) is 17.9 Å². The van der Waals surface area contributed by atoms with E-state index >= 15 is 0 Å². The molecule has 0 saturated heterocycles. The fraction of sp³-hybridized carbons (Fsp3) is 0.375. The van der Waals surface area contributed by atoms with Crippen LogP contribution in [0, 0.1) is 11.3 Å². The second kappa shape index (κ2) is 3.25. The lowest BCUT2D eigenvalue weighted by Gasteiger charge is -2.34. The molecule has 5 N–H and O–H groups in total. The first-order chi connectivity index (χ1) is 7.14. The third kappa shape index (κ3) is 1.62. The molecule has 1 aromatic rings. The molecular formula is C8H10N6O. The Morgan fingerprint density at radius 3 is 3.13 bits per heavy atom. The number of amides is 1. The molecule has 1 aliphatic rings. The number of nitrogens with zero attached hydrogens (tertiary/aromatic N) is 2. The summed E-state index contributed by atoms with van der Waals surface area (Å²) in [5.74, 6) is -0.990. The first-order valence-electron chi connectivity index (χ1n) is 4.44. The molecule has 0 aliphatic carbocycles. The van der Waals surface area contributed by atoms with Gasteiger partial charge in [-0.15, -0.1) is 0 Å². The number of anilines is 1. The number of imidazole rings is 1. The Kier molecular flexibility index (Phi) is 2.06. The van der Waals surface area contributed by atoms with Gasteiger partial charge in [-0.25, -0.2) is 4.98 Å². The molecule has 0 fully saturated rings. The van der Waals surface area contributed by atoms with Gasteiger partial charge in [0.05, 0.1) is 12.4 Å². The fourth-order valence-corrected chi connectivity index (χ4v) is 1.45. The van der Waals surface area contributed by atoms with Crippen molar-refractivity contribution >= 4 is 11.7 Å². The molecular weight excluding hydrogens is 196 g/mol. The van der Waals surface area contributed by atoms with Gasteiger partial charge in [0.25, 0.3) is 5.91 Å². The third-order valence-electron chi connectivity index (χ3n) is 2.18.